The maximum atomic E-state index is 5.03. The van der Waals surface area contributed by atoms with Crippen molar-refractivity contribution >= 4 is 17.6 Å². The van der Waals surface area contributed by atoms with Gasteiger partial charge >= 0.3 is 0 Å². The minimum Gasteiger partial charge on any atom is -0.342 e. The van der Waals surface area contributed by atoms with Crippen LogP contribution in [0.2, 0.25) is 0 Å². The van der Waals surface area contributed by atoms with Crippen molar-refractivity contribution in [3.63, 3.8) is 0 Å². The molecule has 2 aromatic heterocycles. The van der Waals surface area contributed by atoms with Crippen LogP contribution in [0.1, 0.15) is 44.6 Å². The van der Waals surface area contributed by atoms with Crippen LogP contribution in [0.3, 0.4) is 0 Å². The Kier molecular flexibility index (Phi) is 4.26. The van der Waals surface area contributed by atoms with E-state index in [4.69, 9.17) is 15.0 Å². The molecule has 2 aliphatic heterocycles. The normalized spacial score (nSPS) is 18.1. The van der Waals surface area contributed by atoms with E-state index in [0.29, 0.717) is 5.95 Å². The number of fused-ring (bicyclic) bond motifs is 3. The first-order valence-corrected chi connectivity index (χ1v) is 10.1. The monoisotopic (exact) mass is 388 g/mol. The molecule has 0 fully saturated rings. The molecule has 0 amide bonds. The van der Waals surface area contributed by atoms with Crippen molar-refractivity contribution in [1.29, 1.82) is 0 Å². The standard InChI is InChI=1S/C21H24N8/c1-4-16-20-26-24-13-28(20)17-12-23-21(25-19(17)29(16)14(2)3)27-11-10-22-18(27)15-8-6-5-7-9-15/h5-9,12-14,16H,4,10-11H2,1-3H3. The highest BCUT2D eigenvalue weighted by Gasteiger charge is 2.36. The van der Waals surface area contributed by atoms with Crippen LogP contribution in [0.15, 0.2) is 47.8 Å². The summed E-state index contributed by atoms with van der Waals surface area (Å²) in [6, 6.07) is 10.6. The van der Waals surface area contributed by atoms with Gasteiger partial charge in [-0.2, -0.15) is 4.98 Å². The molecule has 8 nitrogen and oxygen atoms in total. The quantitative estimate of drug-likeness (QED) is 0.684. The Morgan fingerprint density at radius 2 is 2.00 bits per heavy atom. The summed E-state index contributed by atoms with van der Waals surface area (Å²) in [4.78, 5) is 18.9. The highest BCUT2D eigenvalue weighted by atomic mass is 15.4. The van der Waals surface area contributed by atoms with Gasteiger partial charge in [0.25, 0.3) is 0 Å². The number of amidine groups is 1. The van der Waals surface area contributed by atoms with E-state index in [1.54, 1.807) is 6.33 Å². The Hall–Kier alpha value is -3.29. The lowest BCUT2D eigenvalue weighted by Crippen LogP contribution is -2.41. The third kappa shape index (κ3) is 2.78. The zero-order valence-electron chi connectivity index (χ0n) is 16.9. The molecule has 1 atom stereocenters. The Balaban J connectivity index is 1.61. The second kappa shape index (κ2) is 6.95. The fourth-order valence-corrected chi connectivity index (χ4v) is 4.24. The average Bonchev–Trinajstić information content (AvgIpc) is 3.42. The summed E-state index contributed by atoms with van der Waals surface area (Å²) in [5, 5.41) is 8.53. The van der Waals surface area contributed by atoms with Crippen LogP contribution in [0.25, 0.3) is 5.69 Å². The second-order valence-corrected chi connectivity index (χ2v) is 7.59. The van der Waals surface area contributed by atoms with Crippen molar-refractivity contribution in [3.8, 4) is 5.69 Å². The molecular weight excluding hydrogens is 364 g/mol. The van der Waals surface area contributed by atoms with E-state index in [0.717, 1.165) is 48.2 Å². The van der Waals surface area contributed by atoms with E-state index >= 15 is 0 Å². The molecular formula is C21H24N8. The van der Waals surface area contributed by atoms with Gasteiger partial charge in [-0.05, 0) is 20.3 Å². The summed E-state index contributed by atoms with van der Waals surface area (Å²) in [7, 11) is 0. The van der Waals surface area contributed by atoms with Gasteiger partial charge in [0.05, 0.1) is 18.8 Å². The molecule has 1 unspecified atom stereocenters. The summed E-state index contributed by atoms with van der Waals surface area (Å²) in [5.41, 5.74) is 2.00. The Morgan fingerprint density at radius 3 is 2.76 bits per heavy atom. The number of aromatic nitrogens is 5. The van der Waals surface area contributed by atoms with Crippen molar-refractivity contribution in [2.75, 3.05) is 22.9 Å². The molecule has 148 valence electrons. The average molecular weight is 388 g/mol. The van der Waals surface area contributed by atoms with Crippen molar-refractivity contribution in [3.05, 3.63) is 54.2 Å². The van der Waals surface area contributed by atoms with Gasteiger partial charge in [0.1, 0.15) is 17.9 Å². The number of anilines is 2. The molecule has 3 aromatic rings. The first-order chi connectivity index (χ1) is 14.2. The summed E-state index contributed by atoms with van der Waals surface area (Å²) < 4.78 is 2.02. The smallest absolute Gasteiger partial charge is 0.233 e. The van der Waals surface area contributed by atoms with Crippen molar-refractivity contribution in [2.45, 2.75) is 39.3 Å². The number of rotatable bonds is 4. The summed E-state index contributed by atoms with van der Waals surface area (Å²) in [5.74, 6) is 3.47. The van der Waals surface area contributed by atoms with E-state index in [9.17, 15) is 0 Å². The lowest BCUT2D eigenvalue weighted by molar-refractivity contribution is 0.497. The van der Waals surface area contributed by atoms with Crippen molar-refractivity contribution in [2.24, 2.45) is 4.99 Å². The number of aliphatic imine (C=N–C) groups is 1. The van der Waals surface area contributed by atoms with Crippen LogP contribution >= 0.6 is 0 Å². The Labute approximate surface area is 169 Å². The van der Waals surface area contributed by atoms with Crippen LogP contribution in [0, 0.1) is 0 Å². The highest BCUT2D eigenvalue weighted by molar-refractivity contribution is 6.10. The van der Waals surface area contributed by atoms with Gasteiger partial charge in [-0.3, -0.25) is 14.5 Å². The van der Waals surface area contributed by atoms with E-state index in [2.05, 4.69) is 52.9 Å². The molecule has 0 saturated carbocycles. The largest absolute Gasteiger partial charge is 0.342 e. The van der Waals surface area contributed by atoms with Crippen molar-refractivity contribution < 1.29 is 0 Å². The summed E-state index contributed by atoms with van der Waals surface area (Å²) in [6.07, 6.45) is 4.56. The van der Waals surface area contributed by atoms with Crippen LogP contribution in [-0.2, 0) is 0 Å². The Bertz CT molecular complexity index is 1060. The maximum Gasteiger partial charge on any atom is 0.233 e. The SMILES string of the molecule is CCC1c2nncn2-c2cnc(N3CCN=C3c3ccccc3)nc2N1C(C)C. The topological polar surface area (TPSA) is 75.3 Å². The molecule has 0 bridgehead atoms. The molecule has 2 aliphatic rings. The second-order valence-electron chi connectivity index (χ2n) is 7.59. The Morgan fingerprint density at radius 1 is 1.17 bits per heavy atom. The predicted molar refractivity (Wildman–Crippen MR) is 113 cm³/mol. The molecule has 4 heterocycles. The van der Waals surface area contributed by atoms with E-state index in [-0.39, 0.29) is 12.1 Å². The third-order valence-corrected chi connectivity index (χ3v) is 5.51. The molecule has 1 aromatic carbocycles. The molecule has 8 heteroatoms. The minimum atomic E-state index is 0.133. The van der Waals surface area contributed by atoms with Crippen LogP contribution in [-0.4, -0.2) is 49.7 Å². The predicted octanol–water partition coefficient (Wildman–Crippen LogP) is 3.00. The molecule has 5 rings (SSSR count). The molecule has 29 heavy (non-hydrogen) atoms. The molecule has 0 N–H and O–H groups in total. The van der Waals surface area contributed by atoms with E-state index in [1.807, 2.05) is 29.0 Å². The van der Waals surface area contributed by atoms with Gasteiger partial charge in [-0.1, -0.05) is 37.3 Å². The summed E-state index contributed by atoms with van der Waals surface area (Å²) in [6.45, 7) is 8.07. The lowest BCUT2D eigenvalue weighted by Gasteiger charge is -2.39. The first-order valence-electron chi connectivity index (χ1n) is 10.1. The lowest BCUT2D eigenvalue weighted by atomic mass is 10.1. The first kappa shape index (κ1) is 17.8. The van der Waals surface area contributed by atoms with Gasteiger partial charge in [0, 0.05) is 18.2 Å². The van der Waals surface area contributed by atoms with Crippen LogP contribution in [0.4, 0.5) is 11.8 Å². The highest BCUT2D eigenvalue weighted by Crippen LogP contribution is 2.39. The minimum absolute atomic E-state index is 0.133. The fraction of sp³-hybridized carbons (Fsp3) is 0.381. The van der Waals surface area contributed by atoms with Gasteiger partial charge < -0.3 is 4.90 Å². The number of nitrogens with zero attached hydrogens (tertiary/aromatic N) is 8. The maximum absolute atomic E-state index is 5.03. The van der Waals surface area contributed by atoms with Gasteiger partial charge in [-0.25, -0.2) is 4.98 Å². The van der Waals surface area contributed by atoms with Gasteiger partial charge in [-0.15, -0.1) is 10.2 Å². The van der Waals surface area contributed by atoms with Crippen LogP contribution < -0.4 is 9.80 Å². The molecule has 0 radical (unpaired) electrons. The van der Waals surface area contributed by atoms with Gasteiger partial charge in [0.2, 0.25) is 5.95 Å². The number of benzene rings is 1. The van der Waals surface area contributed by atoms with Crippen LogP contribution in [0.5, 0.6) is 0 Å². The molecule has 0 saturated heterocycles. The number of hydrogen-bond donors (Lipinski definition) is 0. The summed E-state index contributed by atoms with van der Waals surface area (Å²) >= 11 is 0. The zero-order valence-corrected chi connectivity index (χ0v) is 16.9. The fourth-order valence-electron chi connectivity index (χ4n) is 4.24. The van der Waals surface area contributed by atoms with E-state index in [1.165, 1.54) is 0 Å². The molecule has 0 aliphatic carbocycles. The van der Waals surface area contributed by atoms with E-state index < -0.39 is 0 Å². The van der Waals surface area contributed by atoms with Gasteiger partial charge in [0.15, 0.2) is 11.6 Å². The number of hydrogen-bond acceptors (Lipinski definition) is 7. The molecule has 0 spiro atoms. The zero-order chi connectivity index (χ0) is 20.0. The van der Waals surface area contributed by atoms with Crippen molar-refractivity contribution in [1.82, 2.24) is 24.7 Å². The third-order valence-electron chi connectivity index (χ3n) is 5.51.